The maximum atomic E-state index is 15.1. The van der Waals surface area contributed by atoms with Crippen molar-refractivity contribution in [3.63, 3.8) is 0 Å². The van der Waals surface area contributed by atoms with Crippen molar-refractivity contribution in [3.05, 3.63) is 74.9 Å². The number of fused-ring (bicyclic) bond motifs is 8. The summed E-state index contributed by atoms with van der Waals surface area (Å²) in [5.74, 6) is -2.49. The van der Waals surface area contributed by atoms with Crippen molar-refractivity contribution in [3.8, 4) is 0 Å². The van der Waals surface area contributed by atoms with Crippen LogP contribution in [0.25, 0.3) is 39.3 Å². The number of aliphatic hydroxyl groups is 1. The summed E-state index contributed by atoms with van der Waals surface area (Å²) in [5, 5.41) is 8.86. The standard InChI is InChI=1S/C50H65N7O11/c1-6-34-30(2)38-28-42-35(7-9-43(59)68-26-24-66-22-21-65-20-16-58)31(3)37(53-42)27-39-32(4)36(8-10-44(60)67-25-23-63-17-11-51)47(54-39)46-48-45(33(5)40(55-48)29-41(34)52-38)49(61)57(50(46)62)13-12-56-14-18-64-19-15-56/h7,9,27-29,32,36,53,55,58H,6,8,10-26,51H2,1-5H3/b9-7+,37-27?,38-28?,39-27?,40-29?,41-29?,42-28?,47-46?/t32-,36-/m0/s1. The Morgan fingerprint density at radius 2 is 1.51 bits per heavy atom. The Hall–Kier alpha value is -5.60. The number of aromatic nitrogens is 4. The van der Waals surface area contributed by atoms with E-state index in [0.29, 0.717) is 117 Å². The summed E-state index contributed by atoms with van der Waals surface area (Å²) in [4.78, 5) is 77.0. The smallest absolute Gasteiger partial charge is 0.330 e. The Labute approximate surface area is 396 Å². The number of aliphatic hydroxyl groups excluding tert-OH is 1. The number of hydrogen-bond acceptors (Lipinski definition) is 15. The number of allylic oxidation sites excluding steroid dienone is 2. The molecule has 0 saturated carbocycles. The van der Waals surface area contributed by atoms with Crippen LogP contribution < -0.4 is 5.73 Å². The van der Waals surface area contributed by atoms with Gasteiger partial charge < -0.3 is 49.2 Å². The third kappa shape index (κ3) is 11.5. The van der Waals surface area contributed by atoms with Gasteiger partial charge in [-0.15, -0.1) is 0 Å². The van der Waals surface area contributed by atoms with Gasteiger partial charge in [0.1, 0.15) is 13.2 Å². The largest absolute Gasteiger partial charge is 0.463 e. The van der Waals surface area contributed by atoms with Crippen LogP contribution >= 0.6 is 0 Å². The Morgan fingerprint density at radius 1 is 0.838 bits per heavy atom. The van der Waals surface area contributed by atoms with E-state index in [9.17, 15) is 14.4 Å². The van der Waals surface area contributed by atoms with E-state index in [-0.39, 0.29) is 64.4 Å². The van der Waals surface area contributed by atoms with Crippen molar-refractivity contribution in [2.75, 3.05) is 105 Å². The van der Waals surface area contributed by atoms with Crippen molar-refractivity contribution >= 4 is 63.0 Å². The minimum Gasteiger partial charge on any atom is -0.463 e. The van der Waals surface area contributed by atoms with E-state index in [1.165, 1.54) is 11.0 Å². The Bertz CT molecular complexity index is 2570. The van der Waals surface area contributed by atoms with Gasteiger partial charge in [0.2, 0.25) is 0 Å². The second-order valence-corrected chi connectivity index (χ2v) is 17.2. The van der Waals surface area contributed by atoms with Crippen LogP contribution in [0.4, 0.5) is 0 Å². The fourth-order valence-electron chi connectivity index (χ4n) is 9.16. The van der Waals surface area contributed by atoms with Crippen LogP contribution in [-0.4, -0.2) is 164 Å². The third-order valence-corrected chi connectivity index (χ3v) is 13.0. The summed E-state index contributed by atoms with van der Waals surface area (Å²) in [6.07, 6.45) is 4.15. The first-order chi connectivity index (χ1) is 32.9. The number of H-pyrrole nitrogens is 2. The molecule has 18 nitrogen and oxygen atoms in total. The summed E-state index contributed by atoms with van der Waals surface area (Å²) in [6, 6.07) is 5.87. The molecule has 7 heterocycles. The number of imide groups is 1. The molecule has 0 radical (unpaired) electrons. The number of rotatable bonds is 22. The Morgan fingerprint density at radius 3 is 2.25 bits per heavy atom. The van der Waals surface area contributed by atoms with Crippen molar-refractivity contribution < 1.29 is 52.7 Å². The average Bonchev–Trinajstić information content (AvgIpc) is 4.01. The van der Waals surface area contributed by atoms with E-state index < -0.39 is 23.8 Å². The fourth-order valence-corrected chi connectivity index (χ4v) is 9.16. The fraction of sp³-hybridized carbons (Fsp3) is 0.520. The van der Waals surface area contributed by atoms with Crippen LogP contribution in [0.5, 0.6) is 0 Å². The number of nitrogens with one attached hydrogen (secondary N) is 2. The zero-order valence-corrected chi connectivity index (χ0v) is 39.9. The molecule has 68 heavy (non-hydrogen) atoms. The van der Waals surface area contributed by atoms with Gasteiger partial charge in [0, 0.05) is 84.9 Å². The Kier molecular flexibility index (Phi) is 17.5. The van der Waals surface area contributed by atoms with Crippen LogP contribution in [0.2, 0.25) is 0 Å². The molecule has 0 aromatic carbocycles. The first kappa shape index (κ1) is 50.3. The summed E-state index contributed by atoms with van der Waals surface area (Å²) in [6.45, 7) is 15.2. The van der Waals surface area contributed by atoms with Crippen molar-refractivity contribution in [1.29, 1.82) is 0 Å². The molecule has 1 fully saturated rings. The summed E-state index contributed by atoms with van der Waals surface area (Å²) >= 11 is 0. The molecule has 0 spiro atoms. The highest BCUT2D eigenvalue weighted by atomic mass is 16.6. The topological polar surface area (TPSA) is 234 Å². The van der Waals surface area contributed by atoms with Crippen molar-refractivity contribution in [2.45, 2.75) is 65.7 Å². The quantitative estimate of drug-likeness (QED) is 0.0451. The highest BCUT2D eigenvalue weighted by Gasteiger charge is 2.41. The van der Waals surface area contributed by atoms with Gasteiger partial charge >= 0.3 is 11.9 Å². The SMILES string of the molecule is CCC1=C(C)c2cc3[nH]c(cc4nc(c5c6[nH]c(cc1n2)c(C)c6C(=O)N(CCN1CCOCC1)C5=O)[C@@H](CCC(=O)OCCOCCN)[C@@H]4C)c(C)c3/C=C/C(=O)OCCOCCOCCO. The number of amides is 2. The summed E-state index contributed by atoms with van der Waals surface area (Å²) in [5.41, 5.74) is 15.6. The molecule has 18 heteroatoms. The molecule has 0 aliphatic carbocycles. The maximum Gasteiger partial charge on any atom is 0.330 e. The van der Waals surface area contributed by atoms with Gasteiger partial charge in [-0.2, -0.15) is 0 Å². The molecule has 4 aliphatic heterocycles. The molecule has 0 unspecified atom stereocenters. The molecule has 366 valence electrons. The number of aromatic amines is 2. The number of esters is 2. The van der Waals surface area contributed by atoms with Gasteiger partial charge in [-0.05, 0) is 80.2 Å². The third-order valence-electron chi connectivity index (χ3n) is 13.0. The molecule has 4 aliphatic rings. The number of nitrogens with zero attached hydrogens (tertiary/aromatic N) is 4. The van der Waals surface area contributed by atoms with E-state index in [1.807, 2.05) is 45.9 Å². The van der Waals surface area contributed by atoms with E-state index in [1.54, 1.807) is 6.08 Å². The molecule has 2 amide bonds. The predicted octanol–water partition coefficient (Wildman–Crippen LogP) is 4.97. The molecule has 3 aromatic heterocycles. The van der Waals surface area contributed by atoms with Crippen LogP contribution in [0.3, 0.4) is 0 Å². The van der Waals surface area contributed by atoms with Crippen LogP contribution in [-0.2, 0) is 38.0 Å². The molecule has 2 atom stereocenters. The molecular formula is C50H65N7O11. The van der Waals surface area contributed by atoms with Gasteiger partial charge in [-0.25, -0.2) is 9.78 Å². The number of aryl methyl sites for hydroxylation is 2. The van der Waals surface area contributed by atoms with E-state index in [2.05, 4.69) is 21.8 Å². The lowest BCUT2D eigenvalue weighted by atomic mass is 9.84. The predicted molar refractivity (Wildman–Crippen MR) is 256 cm³/mol. The van der Waals surface area contributed by atoms with Crippen LogP contribution in [0.1, 0.15) is 112 Å². The van der Waals surface area contributed by atoms with E-state index in [0.717, 1.165) is 39.2 Å². The van der Waals surface area contributed by atoms with Gasteiger partial charge in [-0.1, -0.05) is 13.8 Å². The molecule has 7 rings (SSSR count). The first-order valence-electron chi connectivity index (χ1n) is 23.6. The zero-order valence-electron chi connectivity index (χ0n) is 39.9. The monoisotopic (exact) mass is 939 g/mol. The van der Waals surface area contributed by atoms with Crippen LogP contribution in [0, 0.1) is 13.8 Å². The second kappa shape index (κ2) is 23.6. The zero-order chi connectivity index (χ0) is 48.3. The van der Waals surface area contributed by atoms with Gasteiger partial charge in [-0.3, -0.25) is 29.2 Å². The highest BCUT2D eigenvalue weighted by molar-refractivity contribution is 6.23. The van der Waals surface area contributed by atoms with Crippen molar-refractivity contribution in [2.24, 2.45) is 5.73 Å². The summed E-state index contributed by atoms with van der Waals surface area (Å²) < 4.78 is 32.6. The lowest BCUT2D eigenvalue weighted by molar-refractivity contribution is -0.145. The lowest BCUT2D eigenvalue weighted by Gasteiger charge is -2.31. The molecular weight excluding hydrogens is 875 g/mol. The average molecular weight is 940 g/mol. The minimum atomic E-state index is -0.544. The second-order valence-electron chi connectivity index (χ2n) is 17.2. The number of hydrogen-bond donors (Lipinski definition) is 4. The number of carbonyl (C=O) groups excluding carboxylic acids is 4. The van der Waals surface area contributed by atoms with Gasteiger partial charge in [0.05, 0.1) is 93.2 Å². The number of carbonyl (C=O) groups is 4. The number of ether oxygens (including phenoxy) is 6. The number of nitrogens with two attached hydrogens (primary N) is 1. The van der Waals surface area contributed by atoms with Gasteiger partial charge in [0.15, 0.2) is 0 Å². The van der Waals surface area contributed by atoms with E-state index >= 15 is 4.79 Å². The molecule has 1 saturated heterocycles. The summed E-state index contributed by atoms with van der Waals surface area (Å²) in [7, 11) is 0. The minimum absolute atomic E-state index is 0.0477. The number of morpholine rings is 1. The highest BCUT2D eigenvalue weighted by Crippen LogP contribution is 2.44. The van der Waals surface area contributed by atoms with E-state index in [4.69, 9.17) is 49.2 Å². The lowest BCUT2D eigenvalue weighted by Crippen LogP contribution is -2.47. The molecule has 8 bridgehead atoms. The Balaban J connectivity index is 1.36. The maximum absolute atomic E-state index is 15.1. The molecule has 5 N–H and O–H groups in total. The van der Waals surface area contributed by atoms with Crippen LogP contribution in [0.15, 0.2) is 24.3 Å². The van der Waals surface area contributed by atoms with Crippen molar-refractivity contribution in [1.82, 2.24) is 29.7 Å². The normalized spacial score (nSPS) is 17.5. The first-order valence-corrected chi connectivity index (χ1v) is 23.6. The molecule has 3 aromatic rings. The van der Waals surface area contributed by atoms with Gasteiger partial charge in [0.25, 0.3) is 11.8 Å².